The van der Waals surface area contributed by atoms with Gasteiger partial charge in [-0.3, -0.25) is 9.59 Å². The van der Waals surface area contributed by atoms with Crippen molar-refractivity contribution in [1.29, 1.82) is 0 Å². The quantitative estimate of drug-likeness (QED) is 0.707. The largest absolute Gasteiger partial charge is 0.326 e. The van der Waals surface area contributed by atoms with E-state index in [9.17, 15) is 14.0 Å². The summed E-state index contributed by atoms with van der Waals surface area (Å²) in [4.78, 5) is 24.4. The third-order valence-electron chi connectivity index (χ3n) is 4.68. The smallest absolute Gasteiger partial charge is 0.259 e. The molecule has 3 aromatic rings. The molecule has 0 spiro atoms. The number of carbonyl (C=O) groups excluding carboxylic acids is 2. The van der Waals surface area contributed by atoms with E-state index in [1.54, 1.807) is 48.0 Å². The van der Waals surface area contributed by atoms with Crippen molar-refractivity contribution in [2.45, 2.75) is 19.8 Å². The molecule has 0 unspecified atom stereocenters. The topological polar surface area (TPSA) is 76.0 Å². The molecule has 1 saturated carbocycles. The van der Waals surface area contributed by atoms with Gasteiger partial charge in [-0.1, -0.05) is 0 Å². The van der Waals surface area contributed by atoms with Crippen LogP contribution in [-0.2, 0) is 4.79 Å². The number of anilines is 2. The number of benzene rings is 2. The lowest BCUT2D eigenvalue weighted by atomic mass is 10.2. The van der Waals surface area contributed by atoms with Crippen LogP contribution in [0.25, 0.3) is 5.69 Å². The number of carbonyl (C=O) groups is 2. The maximum atomic E-state index is 13.1. The molecule has 0 atom stereocenters. The van der Waals surface area contributed by atoms with Gasteiger partial charge in [0.1, 0.15) is 5.82 Å². The normalized spacial score (nSPS) is 13.2. The zero-order valence-electron chi connectivity index (χ0n) is 15.3. The summed E-state index contributed by atoms with van der Waals surface area (Å²) in [6, 6.07) is 12.9. The minimum Gasteiger partial charge on any atom is -0.326 e. The molecule has 1 heterocycles. The molecule has 142 valence electrons. The van der Waals surface area contributed by atoms with Crippen LogP contribution >= 0.6 is 0 Å². The van der Waals surface area contributed by atoms with E-state index in [2.05, 4.69) is 15.7 Å². The third kappa shape index (κ3) is 3.78. The van der Waals surface area contributed by atoms with Crippen LogP contribution in [0.4, 0.5) is 15.8 Å². The Morgan fingerprint density at radius 1 is 1.00 bits per heavy atom. The maximum Gasteiger partial charge on any atom is 0.259 e. The van der Waals surface area contributed by atoms with Crippen LogP contribution < -0.4 is 10.6 Å². The SMILES string of the molecule is Cc1c(C(=O)Nc2ccc(NC(=O)C3CC3)cc2)cnn1-c1ccc(F)cc1. The van der Waals surface area contributed by atoms with Crippen LogP contribution in [0.1, 0.15) is 28.9 Å². The van der Waals surface area contributed by atoms with Gasteiger partial charge in [0.2, 0.25) is 5.91 Å². The highest BCUT2D eigenvalue weighted by molar-refractivity contribution is 6.05. The monoisotopic (exact) mass is 378 g/mol. The van der Waals surface area contributed by atoms with Crippen LogP contribution in [0.15, 0.2) is 54.7 Å². The van der Waals surface area contributed by atoms with Crippen LogP contribution in [0.5, 0.6) is 0 Å². The molecule has 0 aliphatic heterocycles. The van der Waals surface area contributed by atoms with Crippen molar-refractivity contribution in [1.82, 2.24) is 9.78 Å². The first-order valence-electron chi connectivity index (χ1n) is 9.04. The second-order valence-electron chi connectivity index (χ2n) is 6.83. The van der Waals surface area contributed by atoms with E-state index < -0.39 is 0 Å². The van der Waals surface area contributed by atoms with Gasteiger partial charge in [-0.15, -0.1) is 0 Å². The lowest BCUT2D eigenvalue weighted by molar-refractivity contribution is -0.117. The fourth-order valence-electron chi connectivity index (χ4n) is 2.90. The summed E-state index contributed by atoms with van der Waals surface area (Å²) in [6.45, 7) is 1.78. The third-order valence-corrected chi connectivity index (χ3v) is 4.68. The summed E-state index contributed by atoms with van der Waals surface area (Å²) >= 11 is 0. The Labute approximate surface area is 161 Å². The van der Waals surface area contributed by atoms with E-state index in [4.69, 9.17) is 0 Å². The van der Waals surface area contributed by atoms with E-state index in [1.807, 2.05) is 0 Å². The lowest BCUT2D eigenvalue weighted by Crippen LogP contribution is -2.14. The molecule has 2 aromatic carbocycles. The van der Waals surface area contributed by atoms with Crippen molar-refractivity contribution in [3.05, 3.63) is 71.8 Å². The number of hydrogen-bond donors (Lipinski definition) is 2. The number of nitrogens with zero attached hydrogens (tertiary/aromatic N) is 2. The Balaban J connectivity index is 1.45. The highest BCUT2D eigenvalue weighted by atomic mass is 19.1. The molecular weight excluding hydrogens is 359 g/mol. The first-order valence-corrected chi connectivity index (χ1v) is 9.04. The van der Waals surface area contributed by atoms with Crippen molar-refractivity contribution >= 4 is 23.2 Å². The van der Waals surface area contributed by atoms with Crippen LogP contribution in [0.2, 0.25) is 0 Å². The minimum absolute atomic E-state index is 0.0422. The molecule has 2 amide bonds. The Bertz CT molecular complexity index is 1020. The zero-order valence-corrected chi connectivity index (χ0v) is 15.3. The van der Waals surface area contributed by atoms with Crippen molar-refractivity contribution in [3.63, 3.8) is 0 Å². The Kier molecular flexibility index (Phi) is 4.65. The fourth-order valence-corrected chi connectivity index (χ4v) is 2.90. The second-order valence-corrected chi connectivity index (χ2v) is 6.83. The van der Waals surface area contributed by atoms with Crippen molar-refractivity contribution in [2.75, 3.05) is 10.6 Å². The molecule has 0 saturated heterocycles. The number of hydrogen-bond acceptors (Lipinski definition) is 3. The van der Waals surface area contributed by atoms with Gasteiger partial charge in [-0.2, -0.15) is 5.10 Å². The van der Waals surface area contributed by atoms with Gasteiger partial charge in [0.05, 0.1) is 23.1 Å². The second kappa shape index (κ2) is 7.26. The van der Waals surface area contributed by atoms with E-state index in [-0.39, 0.29) is 23.5 Å². The van der Waals surface area contributed by atoms with Gasteiger partial charge in [0.15, 0.2) is 0 Å². The molecule has 1 fully saturated rings. The standard InChI is InChI=1S/C21H19FN4O2/c1-13-19(12-23-26(13)18-10-4-15(22)5-11-18)21(28)25-17-8-6-16(7-9-17)24-20(27)14-2-3-14/h4-12,14H,2-3H2,1H3,(H,24,27)(H,25,28). The van der Waals surface area contributed by atoms with Gasteiger partial charge in [0.25, 0.3) is 5.91 Å². The van der Waals surface area contributed by atoms with Gasteiger partial charge in [-0.05, 0) is 68.3 Å². The van der Waals surface area contributed by atoms with Gasteiger partial charge >= 0.3 is 0 Å². The molecule has 7 heteroatoms. The van der Waals surface area contributed by atoms with Gasteiger partial charge in [-0.25, -0.2) is 9.07 Å². The van der Waals surface area contributed by atoms with Crippen molar-refractivity contribution in [2.24, 2.45) is 5.92 Å². The lowest BCUT2D eigenvalue weighted by Gasteiger charge is -2.08. The Morgan fingerprint density at radius 2 is 1.61 bits per heavy atom. The van der Waals surface area contributed by atoms with E-state index >= 15 is 0 Å². The summed E-state index contributed by atoms with van der Waals surface area (Å²) in [7, 11) is 0. The molecule has 28 heavy (non-hydrogen) atoms. The molecule has 6 nitrogen and oxygen atoms in total. The Morgan fingerprint density at radius 3 is 2.21 bits per heavy atom. The summed E-state index contributed by atoms with van der Waals surface area (Å²) in [5.74, 6) is -0.440. The molecule has 2 N–H and O–H groups in total. The zero-order chi connectivity index (χ0) is 19.7. The van der Waals surface area contributed by atoms with Crippen LogP contribution in [0, 0.1) is 18.7 Å². The molecular formula is C21H19FN4O2. The van der Waals surface area contributed by atoms with E-state index in [0.29, 0.717) is 28.3 Å². The van der Waals surface area contributed by atoms with Crippen LogP contribution in [-0.4, -0.2) is 21.6 Å². The number of amides is 2. The van der Waals surface area contributed by atoms with Crippen molar-refractivity contribution < 1.29 is 14.0 Å². The predicted molar refractivity (Wildman–Crippen MR) is 104 cm³/mol. The number of rotatable bonds is 5. The summed E-state index contributed by atoms with van der Waals surface area (Å²) in [5, 5.41) is 9.92. The Hall–Kier alpha value is -3.48. The average molecular weight is 378 g/mol. The highest BCUT2D eigenvalue weighted by Crippen LogP contribution is 2.30. The van der Waals surface area contributed by atoms with E-state index in [1.165, 1.54) is 18.3 Å². The number of aromatic nitrogens is 2. The highest BCUT2D eigenvalue weighted by Gasteiger charge is 2.29. The van der Waals surface area contributed by atoms with Gasteiger partial charge < -0.3 is 10.6 Å². The molecule has 1 aliphatic rings. The minimum atomic E-state index is -0.330. The maximum absolute atomic E-state index is 13.1. The average Bonchev–Trinajstić information content (AvgIpc) is 3.47. The summed E-state index contributed by atoms with van der Waals surface area (Å²) in [5.41, 5.74) is 3.07. The summed E-state index contributed by atoms with van der Waals surface area (Å²) in [6.07, 6.45) is 3.38. The first kappa shape index (κ1) is 17.9. The molecule has 1 aromatic heterocycles. The van der Waals surface area contributed by atoms with Gasteiger partial charge in [0, 0.05) is 17.3 Å². The van der Waals surface area contributed by atoms with Crippen molar-refractivity contribution in [3.8, 4) is 5.69 Å². The molecule has 4 rings (SSSR count). The fraction of sp³-hybridized carbons (Fsp3) is 0.190. The molecule has 0 bridgehead atoms. The van der Waals surface area contributed by atoms with Crippen LogP contribution in [0.3, 0.4) is 0 Å². The predicted octanol–water partition coefficient (Wildman–Crippen LogP) is 3.92. The molecule has 0 radical (unpaired) electrons. The molecule has 1 aliphatic carbocycles. The number of nitrogens with one attached hydrogen (secondary N) is 2. The van der Waals surface area contributed by atoms with E-state index in [0.717, 1.165) is 12.8 Å². The summed E-state index contributed by atoms with van der Waals surface area (Å²) < 4.78 is 14.7. The first-order chi connectivity index (χ1) is 13.5. The number of halogens is 1.